The molecule has 0 aliphatic heterocycles. The van der Waals surface area contributed by atoms with Gasteiger partial charge < -0.3 is 5.32 Å². The molecule has 120 valence electrons. The molecule has 0 aromatic heterocycles. The number of rotatable bonds is 6. The molecule has 0 saturated carbocycles. The van der Waals surface area contributed by atoms with E-state index in [2.05, 4.69) is 10.0 Å². The van der Waals surface area contributed by atoms with Crippen molar-refractivity contribution in [1.82, 2.24) is 4.31 Å². The van der Waals surface area contributed by atoms with Crippen LogP contribution in [0.4, 0.5) is 11.4 Å². The molecule has 0 unspecified atom stereocenters. The molecule has 8 nitrogen and oxygen atoms in total. The third-order valence-corrected chi connectivity index (χ3v) is 5.50. The fraction of sp³-hybridized carbons (Fsp3) is 0.455. The number of nitrogens with zero attached hydrogens (tertiary/aromatic N) is 1. The van der Waals surface area contributed by atoms with Crippen molar-refractivity contribution in [3.05, 3.63) is 18.2 Å². The topological polar surface area (TPSA) is 122 Å². The molecule has 10 heteroatoms. The van der Waals surface area contributed by atoms with Gasteiger partial charge in [-0.2, -0.15) is 12.7 Å². The van der Waals surface area contributed by atoms with Crippen LogP contribution in [0.3, 0.4) is 0 Å². The Hall–Kier alpha value is -1.36. The Kier molecular flexibility index (Phi) is 5.20. The van der Waals surface area contributed by atoms with E-state index in [-0.39, 0.29) is 16.6 Å². The number of primary sulfonamides is 1. The highest BCUT2D eigenvalue weighted by molar-refractivity contribution is 7.90. The van der Waals surface area contributed by atoms with Gasteiger partial charge in [0.1, 0.15) is 0 Å². The number of benzene rings is 1. The molecule has 0 bridgehead atoms. The van der Waals surface area contributed by atoms with Gasteiger partial charge in [0.25, 0.3) is 0 Å². The minimum Gasteiger partial charge on any atom is -0.386 e. The summed E-state index contributed by atoms with van der Waals surface area (Å²) in [5.41, 5.74) is 0.541. The average molecular weight is 336 g/mol. The summed E-state index contributed by atoms with van der Waals surface area (Å²) >= 11 is 0. The van der Waals surface area contributed by atoms with Gasteiger partial charge in [-0.3, -0.25) is 4.72 Å². The lowest BCUT2D eigenvalue weighted by Crippen LogP contribution is -2.37. The van der Waals surface area contributed by atoms with Crippen LogP contribution < -0.4 is 15.2 Å². The summed E-state index contributed by atoms with van der Waals surface area (Å²) in [5.74, 6) is 0. The maximum Gasteiger partial charge on any atom is 0.301 e. The van der Waals surface area contributed by atoms with Gasteiger partial charge in [0, 0.05) is 20.1 Å². The fourth-order valence-corrected chi connectivity index (χ4v) is 3.18. The molecule has 0 spiro atoms. The summed E-state index contributed by atoms with van der Waals surface area (Å²) in [5, 5.41) is 7.84. The van der Waals surface area contributed by atoms with Crippen molar-refractivity contribution in [2.24, 2.45) is 5.14 Å². The zero-order chi connectivity index (χ0) is 16.4. The van der Waals surface area contributed by atoms with Crippen molar-refractivity contribution in [1.29, 1.82) is 0 Å². The molecular formula is C11H20N4O4S2. The van der Waals surface area contributed by atoms with Crippen molar-refractivity contribution in [2.75, 3.05) is 24.1 Å². The lowest BCUT2D eigenvalue weighted by atomic mass is 10.3. The second-order valence-corrected chi connectivity index (χ2v) is 8.01. The maximum absolute atomic E-state index is 12.2. The van der Waals surface area contributed by atoms with Gasteiger partial charge in [-0.15, -0.1) is 0 Å². The van der Waals surface area contributed by atoms with E-state index in [4.69, 9.17) is 5.14 Å². The van der Waals surface area contributed by atoms with E-state index in [1.165, 1.54) is 25.2 Å². The SMILES string of the molecule is CNc1ccc(S(N)(=O)=O)cc1NS(=O)(=O)N(C)C(C)C. The van der Waals surface area contributed by atoms with Crippen LogP contribution in [0.25, 0.3) is 0 Å². The molecular weight excluding hydrogens is 316 g/mol. The molecule has 1 rings (SSSR count). The fourth-order valence-electron chi connectivity index (χ4n) is 1.49. The van der Waals surface area contributed by atoms with Gasteiger partial charge in [-0.25, -0.2) is 13.6 Å². The number of nitrogens with two attached hydrogens (primary N) is 1. The summed E-state index contributed by atoms with van der Waals surface area (Å²) in [7, 11) is -4.70. The molecule has 21 heavy (non-hydrogen) atoms. The van der Waals surface area contributed by atoms with E-state index < -0.39 is 20.2 Å². The highest BCUT2D eigenvalue weighted by atomic mass is 32.2. The average Bonchev–Trinajstić information content (AvgIpc) is 2.36. The van der Waals surface area contributed by atoms with Crippen molar-refractivity contribution in [2.45, 2.75) is 24.8 Å². The van der Waals surface area contributed by atoms with Crippen molar-refractivity contribution < 1.29 is 16.8 Å². The van der Waals surface area contributed by atoms with Crippen LogP contribution in [-0.2, 0) is 20.2 Å². The molecule has 0 heterocycles. The van der Waals surface area contributed by atoms with Crippen LogP contribution >= 0.6 is 0 Å². The largest absolute Gasteiger partial charge is 0.386 e. The first-order chi connectivity index (χ1) is 9.49. The normalized spacial score (nSPS) is 12.7. The number of hydrogen-bond donors (Lipinski definition) is 3. The van der Waals surface area contributed by atoms with Gasteiger partial charge in [0.2, 0.25) is 10.0 Å². The predicted molar refractivity (Wildman–Crippen MR) is 82.8 cm³/mol. The van der Waals surface area contributed by atoms with E-state index in [1.54, 1.807) is 20.9 Å². The Morgan fingerprint density at radius 3 is 2.14 bits per heavy atom. The van der Waals surface area contributed by atoms with E-state index in [0.717, 1.165) is 4.31 Å². The Bertz CT molecular complexity index is 714. The van der Waals surface area contributed by atoms with Crippen LogP contribution in [-0.4, -0.2) is 41.3 Å². The zero-order valence-corrected chi connectivity index (χ0v) is 13.9. The molecule has 4 N–H and O–H groups in total. The number of sulfonamides is 1. The van der Waals surface area contributed by atoms with Gasteiger partial charge in [-0.05, 0) is 32.0 Å². The van der Waals surface area contributed by atoms with Crippen LogP contribution in [0.2, 0.25) is 0 Å². The van der Waals surface area contributed by atoms with Gasteiger partial charge in [-0.1, -0.05) is 0 Å². The summed E-state index contributed by atoms with van der Waals surface area (Å²) < 4.78 is 50.6. The Balaban J connectivity index is 3.30. The number of anilines is 2. The van der Waals surface area contributed by atoms with Crippen LogP contribution in [0.1, 0.15) is 13.8 Å². The standard InChI is InChI=1S/C11H20N4O4S2/c1-8(2)15(4)21(18,19)14-11-7-9(20(12,16)17)5-6-10(11)13-3/h5-8,13-14H,1-4H3,(H2,12,16,17). The molecule has 0 atom stereocenters. The highest BCUT2D eigenvalue weighted by Gasteiger charge is 2.22. The molecule has 1 aromatic carbocycles. The van der Waals surface area contributed by atoms with E-state index in [9.17, 15) is 16.8 Å². The van der Waals surface area contributed by atoms with Gasteiger partial charge in [0.05, 0.1) is 16.3 Å². The first-order valence-corrected chi connectivity index (χ1v) is 9.08. The number of hydrogen-bond acceptors (Lipinski definition) is 5. The summed E-state index contributed by atoms with van der Waals surface area (Å²) in [6, 6.07) is 3.66. The van der Waals surface area contributed by atoms with Gasteiger partial charge in [0.15, 0.2) is 0 Å². The molecule has 0 amide bonds. The molecule has 0 fully saturated rings. The Morgan fingerprint density at radius 2 is 1.71 bits per heavy atom. The number of nitrogens with one attached hydrogen (secondary N) is 2. The van der Waals surface area contributed by atoms with Crippen LogP contribution in [0.15, 0.2) is 23.1 Å². The van der Waals surface area contributed by atoms with Crippen LogP contribution in [0.5, 0.6) is 0 Å². The second-order valence-electron chi connectivity index (χ2n) is 4.72. The van der Waals surface area contributed by atoms with Crippen molar-refractivity contribution in [3.8, 4) is 0 Å². The highest BCUT2D eigenvalue weighted by Crippen LogP contribution is 2.26. The van der Waals surface area contributed by atoms with E-state index in [0.29, 0.717) is 5.69 Å². The second kappa shape index (κ2) is 6.18. The smallest absolute Gasteiger partial charge is 0.301 e. The molecule has 0 aliphatic carbocycles. The minimum atomic E-state index is -3.92. The van der Waals surface area contributed by atoms with E-state index in [1.807, 2.05) is 0 Å². The minimum absolute atomic E-state index is 0.108. The first-order valence-electron chi connectivity index (χ1n) is 6.09. The molecule has 0 aliphatic rings. The summed E-state index contributed by atoms with van der Waals surface area (Å²) in [6.07, 6.45) is 0. The monoisotopic (exact) mass is 336 g/mol. The lowest BCUT2D eigenvalue weighted by Gasteiger charge is -2.22. The van der Waals surface area contributed by atoms with Gasteiger partial charge >= 0.3 is 10.2 Å². The summed E-state index contributed by atoms with van der Waals surface area (Å²) in [6.45, 7) is 3.44. The van der Waals surface area contributed by atoms with E-state index >= 15 is 0 Å². The third-order valence-electron chi connectivity index (χ3n) is 2.93. The Labute approximate surface area is 125 Å². The first kappa shape index (κ1) is 17.7. The predicted octanol–water partition coefficient (Wildman–Crippen LogP) is 0.373. The Morgan fingerprint density at radius 1 is 1.14 bits per heavy atom. The maximum atomic E-state index is 12.2. The third kappa shape index (κ3) is 4.30. The van der Waals surface area contributed by atoms with Crippen LogP contribution in [0, 0.1) is 0 Å². The van der Waals surface area contributed by atoms with Crippen molar-refractivity contribution >= 4 is 31.6 Å². The lowest BCUT2D eigenvalue weighted by molar-refractivity contribution is 0.414. The summed E-state index contributed by atoms with van der Waals surface area (Å²) in [4.78, 5) is -0.175. The zero-order valence-electron chi connectivity index (χ0n) is 12.3. The molecule has 0 radical (unpaired) electrons. The van der Waals surface area contributed by atoms with Crippen molar-refractivity contribution in [3.63, 3.8) is 0 Å². The molecule has 0 saturated heterocycles. The quantitative estimate of drug-likeness (QED) is 0.693. The molecule has 1 aromatic rings.